The highest BCUT2D eigenvalue weighted by Crippen LogP contribution is 2.39. The van der Waals surface area contributed by atoms with E-state index in [0.717, 1.165) is 27.7 Å². The van der Waals surface area contributed by atoms with Crippen molar-refractivity contribution in [2.24, 2.45) is 0 Å². The average Bonchev–Trinajstić information content (AvgIpc) is 3.36. The van der Waals surface area contributed by atoms with Gasteiger partial charge in [-0.3, -0.25) is 14.5 Å². The van der Waals surface area contributed by atoms with Gasteiger partial charge in [-0.15, -0.1) is 0 Å². The van der Waals surface area contributed by atoms with Gasteiger partial charge in [0, 0.05) is 28.1 Å². The Hall–Kier alpha value is -4.70. The molecular weight excluding hydrogens is 434 g/mol. The zero-order valence-corrected chi connectivity index (χ0v) is 19.1. The molecule has 0 amide bonds. The topological polar surface area (TPSA) is 50.5 Å². The number of benzene rings is 4. The molecule has 0 saturated heterocycles. The van der Waals surface area contributed by atoms with E-state index in [1.807, 2.05) is 103 Å². The van der Waals surface area contributed by atoms with Crippen molar-refractivity contribution in [1.82, 2.24) is 0 Å². The number of aryl methyl sites for hydroxylation is 1. The number of rotatable bonds is 4. The van der Waals surface area contributed by atoms with Crippen molar-refractivity contribution in [3.63, 3.8) is 0 Å². The monoisotopic (exact) mass is 455 g/mol. The van der Waals surface area contributed by atoms with Gasteiger partial charge in [-0.2, -0.15) is 0 Å². The molecule has 1 heterocycles. The molecule has 0 unspecified atom stereocenters. The zero-order chi connectivity index (χ0) is 23.9. The molecule has 0 aliphatic heterocycles. The van der Waals surface area contributed by atoms with Crippen LogP contribution in [-0.2, 0) is 0 Å². The molecule has 4 heteroatoms. The first kappa shape index (κ1) is 20.9. The second-order valence-corrected chi connectivity index (χ2v) is 8.60. The van der Waals surface area contributed by atoms with Crippen molar-refractivity contribution in [2.45, 2.75) is 6.92 Å². The summed E-state index contributed by atoms with van der Waals surface area (Å²) in [5.41, 5.74) is 3.80. The summed E-state index contributed by atoms with van der Waals surface area (Å²) in [5, 5.41) is 1.87. The number of carbonyl (C=O) groups is 2. The highest BCUT2D eigenvalue weighted by Gasteiger charge is 2.34. The Labute approximate surface area is 202 Å². The number of allylic oxidation sites excluding steroid dienone is 1. The quantitative estimate of drug-likeness (QED) is 0.206. The van der Waals surface area contributed by atoms with Crippen LogP contribution in [0.15, 0.2) is 113 Å². The van der Waals surface area contributed by atoms with Crippen molar-refractivity contribution in [2.75, 3.05) is 4.90 Å². The minimum absolute atomic E-state index is 0.126. The Balaban J connectivity index is 1.43. The number of ketones is 2. The van der Waals surface area contributed by atoms with Crippen LogP contribution in [0.1, 0.15) is 32.0 Å². The number of para-hydroxylation sites is 2. The fraction of sp³-hybridized carbons (Fsp3) is 0.0323. The van der Waals surface area contributed by atoms with Crippen molar-refractivity contribution in [3.8, 4) is 0 Å². The summed E-state index contributed by atoms with van der Waals surface area (Å²) in [6.45, 7) is 1.96. The first-order valence-corrected chi connectivity index (χ1v) is 11.4. The lowest BCUT2D eigenvalue weighted by atomic mass is 10.0. The lowest BCUT2D eigenvalue weighted by molar-refractivity contribution is 0.0990. The van der Waals surface area contributed by atoms with Crippen molar-refractivity contribution in [1.29, 1.82) is 0 Å². The zero-order valence-electron chi connectivity index (χ0n) is 19.1. The van der Waals surface area contributed by atoms with Crippen molar-refractivity contribution < 1.29 is 14.0 Å². The Bertz CT molecular complexity index is 1530. The average molecular weight is 456 g/mol. The van der Waals surface area contributed by atoms with Crippen molar-refractivity contribution >= 4 is 45.7 Å². The standard InChI is InChI=1S/C31H21NO3/c1-20-16-25(35-31(20)32(23-12-4-2-5-13-23)24-14-6-3-7-15-24)19-28-29(33)26-17-21-10-8-9-11-22(21)18-27(26)30(28)34/h2-19H,1H3. The van der Waals surface area contributed by atoms with Crippen LogP contribution in [-0.4, -0.2) is 11.6 Å². The maximum atomic E-state index is 13.2. The molecule has 35 heavy (non-hydrogen) atoms. The number of carbonyl (C=O) groups excluding carboxylic acids is 2. The van der Waals surface area contributed by atoms with Gasteiger partial charge in [0.15, 0.2) is 11.6 Å². The van der Waals surface area contributed by atoms with Crippen LogP contribution >= 0.6 is 0 Å². The van der Waals surface area contributed by atoms with E-state index >= 15 is 0 Å². The molecular formula is C31H21NO3. The van der Waals surface area contributed by atoms with Gasteiger partial charge in [0.1, 0.15) is 5.76 Å². The van der Waals surface area contributed by atoms with E-state index in [9.17, 15) is 9.59 Å². The highest BCUT2D eigenvalue weighted by molar-refractivity contribution is 6.42. The number of hydrogen-bond acceptors (Lipinski definition) is 4. The van der Waals surface area contributed by atoms with Crippen LogP contribution in [0.5, 0.6) is 0 Å². The van der Waals surface area contributed by atoms with E-state index < -0.39 is 0 Å². The number of furan rings is 1. The summed E-state index contributed by atoms with van der Waals surface area (Å²) in [5.74, 6) is 0.558. The second kappa shape index (κ2) is 8.26. The van der Waals surface area contributed by atoms with Gasteiger partial charge in [0.2, 0.25) is 5.88 Å². The number of anilines is 3. The van der Waals surface area contributed by atoms with E-state index in [0.29, 0.717) is 22.8 Å². The van der Waals surface area contributed by atoms with Gasteiger partial charge >= 0.3 is 0 Å². The second-order valence-electron chi connectivity index (χ2n) is 8.60. The van der Waals surface area contributed by atoms with Crippen LogP contribution in [0, 0.1) is 6.92 Å². The van der Waals surface area contributed by atoms with E-state index in [2.05, 4.69) is 0 Å². The summed E-state index contributed by atoms with van der Waals surface area (Å²) in [6.07, 6.45) is 1.57. The molecule has 1 aromatic heterocycles. The summed E-state index contributed by atoms with van der Waals surface area (Å²) in [4.78, 5) is 28.4. The highest BCUT2D eigenvalue weighted by atomic mass is 16.4. The maximum absolute atomic E-state index is 13.2. The van der Waals surface area contributed by atoms with Crippen LogP contribution in [0.2, 0.25) is 0 Å². The van der Waals surface area contributed by atoms with Gasteiger partial charge in [-0.05, 0) is 66.2 Å². The number of Topliss-reactive ketones (excluding diaryl/α,β-unsaturated/α-hetero) is 2. The normalized spacial score (nSPS) is 12.8. The Morgan fingerprint density at radius 2 is 1.14 bits per heavy atom. The molecule has 4 nitrogen and oxygen atoms in total. The minimum atomic E-state index is -0.269. The molecule has 6 rings (SSSR count). The first-order chi connectivity index (χ1) is 17.1. The Morgan fingerprint density at radius 3 is 1.66 bits per heavy atom. The van der Waals surface area contributed by atoms with Gasteiger partial charge in [0.25, 0.3) is 0 Å². The lowest BCUT2D eigenvalue weighted by Gasteiger charge is -2.23. The SMILES string of the molecule is Cc1cc(C=C2C(=O)c3cc4ccccc4cc3C2=O)oc1N(c1ccccc1)c1ccccc1. The number of hydrogen-bond donors (Lipinski definition) is 0. The molecule has 0 atom stereocenters. The summed E-state index contributed by atoms with van der Waals surface area (Å²) in [6, 6.07) is 33.1. The summed E-state index contributed by atoms with van der Waals surface area (Å²) in [7, 11) is 0. The molecule has 0 bridgehead atoms. The molecule has 0 fully saturated rings. The van der Waals surface area contributed by atoms with Gasteiger partial charge in [-0.1, -0.05) is 60.7 Å². The molecule has 168 valence electrons. The smallest absolute Gasteiger partial charge is 0.208 e. The first-order valence-electron chi connectivity index (χ1n) is 11.4. The molecule has 1 aliphatic rings. The Kier molecular flexibility index (Phi) is 4.93. The predicted molar refractivity (Wildman–Crippen MR) is 139 cm³/mol. The molecule has 0 saturated carbocycles. The van der Waals surface area contributed by atoms with Crippen LogP contribution in [0.4, 0.5) is 17.3 Å². The van der Waals surface area contributed by atoms with E-state index in [4.69, 9.17) is 4.42 Å². The third-order valence-corrected chi connectivity index (χ3v) is 6.29. The van der Waals surface area contributed by atoms with Gasteiger partial charge in [0.05, 0.1) is 5.57 Å². The molecule has 0 spiro atoms. The summed E-state index contributed by atoms with van der Waals surface area (Å²) < 4.78 is 6.27. The fourth-order valence-corrected chi connectivity index (χ4v) is 4.61. The minimum Gasteiger partial charge on any atom is -0.440 e. The molecule has 0 N–H and O–H groups in total. The fourth-order valence-electron chi connectivity index (χ4n) is 4.61. The van der Waals surface area contributed by atoms with Gasteiger partial charge in [-0.25, -0.2) is 0 Å². The van der Waals surface area contributed by atoms with E-state index in [1.165, 1.54) is 0 Å². The predicted octanol–water partition coefficient (Wildman–Crippen LogP) is 7.67. The maximum Gasteiger partial charge on any atom is 0.208 e. The largest absolute Gasteiger partial charge is 0.440 e. The Morgan fingerprint density at radius 1 is 0.657 bits per heavy atom. The third kappa shape index (κ3) is 3.56. The van der Waals surface area contributed by atoms with Crippen LogP contribution in [0.25, 0.3) is 16.8 Å². The number of fused-ring (bicyclic) bond motifs is 2. The van der Waals surface area contributed by atoms with Gasteiger partial charge < -0.3 is 4.42 Å². The molecule has 1 aliphatic carbocycles. The molecule has 0 radical (unpaired) electrons. The van der Waals surface area contributed by atoms with E-state index in [-0.39, 0.29) is 17.1 Å². The molecule has 5 aromatic rings. The van der Waals surface area contributed by atoms with Crippen LogP contribution in [0.3, 0.4) is 0 Å². The third-order valence-electron chi connectivity index (χ3n) is 6.29. The lowest BCUT2D eigenvalue weighted by Crippen LogP contribution is -2.09. The van der Waals surface area contributed by atoms with Crippen LogP contribution < -0.4 is 4.90 Å². The molecule has 4 aromatic carbocycles. The number of nitrogens with zero attached hydrogens (tertiary/aromatic N) is 1. The van der Waals surface area contributed by atoms with Crippen molar-refractivity contribution in [3.05, 3.63) is 131 Å². The van der Waals surface area contributed by atoms with E-state index in [1.54, 1.807) is 18.2 Å². The summed E-state index contributed by atoms with van der Waals surface area (Å²) >= 11 is 0.